The summed E-state index contributed by atoms with van der Waals surface area (Å²) in [6.07, 6.45) is 8.30. The van der Waals surface area contributed by atoms with Gasteiger partial charge in [0.1, 0.15) is 0 Å². The van der Waals surface area contributed by atoms with Crippen LogP contribution >= 0.6 is 0 Å². The van der Waals surface area contributed by atoms with Gasteiger partial charge in [-0.25, -0.2) is 0 Å². The minimum Gasteiger partial charge on any atom is -0.317 e. The largest absolute Gasteiger partial charge is 0.317 e. The van der Waals surface area contributed by atoms with Crippen molar-refractivity contribution in [3.05, 3.63) is 42.2 Å². The van der Waals surface area contributed by atoms with Gasteiger partial charge in [-0.1, -0.05) is 5.57 Å². The Morgan fingerprint density at radius 3 is 2.62 bits per heavy atom. The first-order valence-corrected chi connectivity index (χ1v) is 5.93. The molecule has 2 heteroatoms. The molecule has 0 spiro atoms. The van der Waals surface area contributed by atoms with Crippen LogP contribution in [0.4, 0.5) is 0 Å². The lowest BCUT2D eigenvalue weighted by Crippen LogP contribution is -2.25. The van der Waals surface area contributed by atoms with E-state index in [2.05, 4.69) is 35.9 Å². The average molecular weight is 218 g/mol. The fraction of sp³-hybridized carbons (Fsp3) is 0.500. The number of hydrogen-bond acceptors (Lipinski definition) is 2. The number of aromatic nitrogens is 1. The van der Waals surface area contributed by atoms with Crippen LogP contribution in [-0.4, -0.2) is 18.1 Å². The predicted octanol–water partition coefficient (Wildman–Crippen LogP) is 2.96. The molecular weight excluding hydrogens is 196 g/mol. The molecule has 0 radical (unpaired) electrons. The van der Waals surface area contributed by atoms with Crippen LogP contribution in [0.3, 0.4) is 0 Å². The summed E-state index contributed by atoms with van der Waals surface area (Å²) in [5.41, 5.74) is 2.63. The molecule has 2 nitrogen and oxygen atoms in total. The van der Waals surface area contributed by atoms with Gasteiger partial charge in [-0.05, 0) is 57.4 Å². The van der Waals surface area contributed by atoms with Gasteiger partial charge in [-0.15, -0.1) is 6.58 Å². The Labute approximate surface area is 98.8 Å². The Bertz CT molecular complexity index is 306. The minimum atomic E-state index is 0.588. The van der Waals surface area contributed by atoms with E-state index in [1.807, 2.05) is 19.4 Å². The Hall–Kier alpha value is -1.15. The van der Waals surface area contributed by atoms with E-state index in [0.717, 1.165) is 12.8 Å². The second-order valence-corrected chi connectivity index (χ2v) is 4.38. The van der Waals surface area contributed by atoms with Gasteiger partial charge >= 0.3 is 0 Å². The highest BCUT2D eigenvalue weighted by molar-refractivity contribution is 5.09. The summed E-state index contributed by atoms with van der Waals surface area (Å²) in [5, 5.41) is 3.37. The van der Waals surface area contributed by atoms with E-state index in [-0.39, 0.29) is 0 Å². The van der Waals surface area contributed by atoms with Gasteiger partial charge in [0.25, 0.3) is 0 Å². The zero-order valence-corrected chi connectivity index (χ0v) is 10.4. The van der Waals surface area contributed by atoms with Crippen LogP contribution < -0.4 is 5.32 Å². The molecule has 0 fully saturated rings. The first kappa shape index (κ1) is 12.9. The third kappa shape index (κ3) is 5.08. The van der Waals surface area contributed by atoms with Crippen LogP contribution in [0.5, 0.6) is 0 Å². The summed E-state index contributed by atoms with van der Waals surface area (Å²) in [6, 6.07) is 4.77. The molecule has 0 saturated carbocycles. The highest BCUT2D eigenvalue weighted by atomic mass is 14.9. The monoisotopic (exact) mass is 218 g/mol. The molecule has 1 unspecified atom stereocenters. The molecule has 16 heavy (non-hydrogen) atoms. The number of hydrogen-bond donors (Lipinski definition) is 1. The normalized spacial score (nSPS) is 12.4. The zero-order chi connectivity index (χ0) is 11.8. The molecule has 0 aliphatic carbocycles. The highest BCUT2D eigenvalue weighted by Crippen LogP contribution is 2.10. The summed E-state index contributed by atoms with van der Waals surface area (Å²) in [6.45, 7) is 6.04. The van der Waals surface area contributed by atoms with Crippen molar-refractivity contribution in [1.82, 2.24) is 10.3 Å². The fourth-order valence-corrected chi connectivity index (χ4v) is 1.74. The van der Waals surface area contributed by atoms with E-state index < -0.39 is 0 Å². The van der Waals surface area contributed by atoms with Crippen molar-refractivity contribution in [3.8, 4) is 0 Å². The summed E-state index contributed by atoms with van der Waals surface area (Å²) in [7, 11) is 2.04. The number of nitrogens with one attached hydrogen (secondary N) is 1. The molecule has 1 N–H and O–H groups in total. The Morgan fingerprint density at radius 2 is 2.06 bits per heavy atom. The van der Waals surface area contributed by atoms with E-state index in [1.165, 1.54) is 24.0 Å². The Morgan fingerprint density at radius 1 is 1.38 bits per heavy atom. The third-order valence-corrected chi connectivity index (χ3v) is 2.86. The predicted molar refractivity (Wildman–Crippen MR) is 69.5 cm³/mol. The van der Waals surface area contributed by atoms with Crippen molar-refractivity contribution in [2.75, 3.05) is 7.05 Å². The van der Waals surface area contributed by atoms with Gasteiger partial charge < -0.3 is 5.32 Å². The molecule has 1 rings (SSSR count). The first-order valence-electron chi connectivity index (χ1n) is 5.93. The number of pyridine rings is 1. The smallest absolute Gasteiger partial charge is 0.0270 e. The Kier molecular flexibility index (Phi) is 5.79. The summed E-state index contributed by atoms with van der Waals surface area (Å²) in [4.78, 5) is 4.02. The zero-order valence-electron chi connectivity index (χ0n) is 10.4. The molecule has 0 amide bonds. The van der Waals surface area contributed by atoms with Crippen LogP contribution in [0.2, 0.25) is 0 Å². The molecule has 1 aromatic rings. The molecule has 0 aliphatic heterocycles. The van der Waals surface area contributed by atoms with E-state index >= 15 is 0 Å². The second kappa shape index (κ2) is 7.18. The summed E-state index contributed by atoms with van der Waals surface area (Å²) >= 11 is 0. The molecule has 1 aromatic heterocycles. The fourth-order valence-electron chi connectivity index (χ4n) is 1.74. The molecule has 0 aliphatic rings. The molecule has 1 atom stereocenters. The van der Waals surface area contributed by atoms with Crippen LogP contribution in [0.25, 0.3) is 0 Å². The highest BCUT2D eigenvalue weighted by Gasteiger charge is 2.05. The first-order chi connectivity index (χ1) is 7.72. The maximum absolute atomic E-state index is 4.02. The van der Waals surface area contributed by atoms with E-state index in [0.29, 0.717) is 6.04 Å². The van der Waals surface area contributed by atoms with Crippen molar-refractivity contribution >= 4 is 0 Å². The molecule has 0 bridgehead atoms. The molecule has 0 aromatic carbocycles. The van der Waals surface area contributed by atoms with Crippen molar-refractivity contribution in [3.63, 3.8) is 0 Å². The SMILES string of the molecule is C=C(C)CCC(CCc1ccncc1)NC. The van der Waals surface area contributed by atoms with Gasteiger partial charge in [0, 0.05) is 18.4 Å². The lowest BCUT2D eigenvalue weighted by Gasteiger charge is -2.15. The quantitative estimate of drug-likeness (QED) is 0.712. The average Bonchev–Trinajstić information content (AvgIpc) is 2.30. The number of nitrogens with zero attached hydrogens (tertiary/aromatic N) is 1. The molecule has 1 heterocycles. The van der Waals surface area contributed by atoms with Gasteiger partial charge in [0.05, 0.1) is 0 Å². The van der Waals surface area contributed by atoms with E-state index in [9.17, 15) is 0 Å². The van der Waals surface area contributed by atoms with Gasteiger partial charge in [-0.3, -0.25) is 4.98 Å². The van der Waals surface area contributed by atoms with E-state index in [4.69, 9.17) is 0 Å². The van der Waals surface area contributed by atoms with Gasteiger partial charge in [0.15, 0.2) is 0 Å². The molecule has 0 saturated heterocycles. The van der Waals surface area contributed by atoms with Crippen molar-refractivity contribution in [2.45, 2.75) is 38.6 Å². The lowest BCUT2D eigenvalue weighted by molar-refractivity contribution is 0.489. The van der Waals surface area contributed by atoms with Gasteiger partial charge in [0.2, 0.25) is 0 Å². The van der Waals surface area contributed by atoms with Crippen molar-refractivity contribution < 1.29 is 0 Å². The van der Waals surface area contributed by atoms with E-state index in [1.54, 1.807) is 0 Å². The summed E-state index contributed by atoms with van der Waals surface area (Å²) < 4.78 is 0. The van der Waals surface area contributed by atoms with Crippen molar-refractivity contribution in [1.29, 1.82) is 0 Å². The maximum atomic E-state index is 4.02. The minimum absolute atomic E-state index is 0.588. The number of aryl methyl sites for hydroxylation is 1. The van der Waals surface area contributed by atoms with Crippen LogP contribution in [0, 0.1) is 0 Å². The molecular formula is C14H22N2. The standard InChI is InChI=1S/C14H22N2/c1-12(2)4-6-14(15-3)7-5-13-8-10-16-11-9-13/h8-11,14-15H,1,4-7H2,2-3H3. The molecule has 88 valence electrons. The lowest BCUT2D eigenvalue weighted by atomic mass is 10.0. The summed E-state index contributed by atoms with van der Waals surface area (Å²) in [5.74, 6) is 0. The van der Waals surface area contributed by atoms with Crippen LogP contribution in [0.15, 0.2) is 36.7 Å². The second-order valence-electron chi connectivity index (χ2n) is 4.38. The van der Waals surface area contributed by atoms with Crippen LogP contribution in [-0.2, 0) is 6.42 Å². The Balaban J connectivity index is 2.31. The third-order valence-electron chi connectivity index (χ3n) is 2.86. The maximum Gasteiger partial charge on any atom is 0.0270 e. The van der Waals surface area contributed by atoms with Crippen molar-refractivity contribution in [2.24, 2.45) is 0 Å². The van der Waals surface area contributed by atoms with Crippen LogP contribution in [0.1, 0.15) is 31.7 Å². The van der Waals surface area contributed by atoms with Gasteiger partial charge in [-0.2, -0.15) is 0 Å². The topological polar surface area (TPSA) is 24.9 Å². The number of allylic oxidation sites excluding steroid dienone is 1. The number of rotatable bonds is 7.